The van der Waals surface area contributed by atoms with Crippen LogP contribution < -0.4 is 4.90 Å². The predicted molar refractivity (Wildman–Crippen MR) is 69.4 cm³/mol. The number of halogens is 2. The van der Waals surface area contributed by atoms with Gasteiger partial charge in [-0.05, 0) is 46.8 Å². The van der Waals surface area contributed by atoms with Crippen LogP contribution >= 0.6 is 15.9 Å². The second-order valence-corrected chi connectivity index (χ2v) is 5.36. The summed E-state index contributed by atoms with van der Waals surface area (Å²) in [4.78, 5) is 2.06. The van der Waals surface area contributed by atoms with Crippen molar-refractivity contribution in [2.75, 3.05) is 18.0 Å². The molecule has 1 unspecified atom stereocenters. The lowest BCUT2D eigenvalue weighted by atomic mass is 9.99. The quantitative estimate of drug-likeness (QED) is 0.790. The zero-order valence-corrected chi connectivity index (χ0v) is 11.3. The lowest BCUT2D eigenvalue weighted by Gasteiger charge is -2.33. The molecule has 0 bridgehead atoms. The van der Waals surface area contributed by atoms with E-state index in [1.54, 1.807) is 12.1 Å². The van der Waals surface area contributed by atoms with E-state index in [1.807, 2.05) is 6.07 Å². The highest BCUT2D eigenvalue weighted by Crippen LogP contribution is 2.31. The largest absolute Gasteiger partial charge is 0.369 e. The summed E-state index contributed by atoms with van der Waals surface area (Å²) < 4.78 is 14.4. The Bertz CT molecular complexity index is 467. The molecule has 1 saturated heterocycles. The van der Waals surface area contributed by atoms with Crippen molar-refractivity contribution >= 4 is 21.6 Å². The average molecular weight is 297 g/mol. The molecule has 2 rings (SSSR count). The van der Waals surface area contributed by atoms with Crippen molar-refractivity contribution in [3.05, 3.63) is 28.0 Å². The van der Waals surface area contributed by atoms with E-state index in [4.69, 9.17) is 5.26 Å². The predicted octanol–water partition coefficient (Wildman–Crippen LogP) is 3.70. The Morgan fingerprint density at radius 1 is 1.53 bits per heavy atom. The van der Waals surface area contributed by atoms with Gasteiger partial charge in [-0.15, -0.1) is 0 Å². The molecule has 0 N–H and O–H groups in total. The van der Waals surface area contributed by atoms with Crippen molar-refractivity contribution in [2.24, 2.45) is 5.92 Å². The molecule has 0 aliphatic carbocycles. The zero-order valence-electron chi connectivity index (χ0n) is 9.71. The smallest absolute Gasteiger partial charge is 0.161 e. The van der Waals surface area contributed by atoms with Crippen LogP contribution in [0.4, 0.5) is 10.1 Å². The van der Waals surface area contributed by atoms with E-state index in [0.717, 1.165) is 19.5 Å². The van der Waals surface area contributed by atoms with Gasteiger partial charge in [0.15, 0.2) is 5.82 Å². The maximum absolute atomic E-state index is 14.1. The second-order valence-electron chi connectivity index (χ2n) is 4.57. The van der Waals surface area contributed by atoms with Crippen molar-refractivity contribution < 1.29 is 4.39 Å². The van der Waals surface area contributed by atoms with E-state index in [-0.39, 0.29) is 10.3 Å². The summed E-state index contributed by atoms with van der Waals surface area (Å²) in [5, 5.41) is 8.83. The molecule has 1 aliphatic rings. The van der Waals surface area contributed by atoms with E-state index in [1.165, 1.54) is 6.42 Å². The first-order valence-electron chi connectivity index (χ1n) is 5.76. The number of anilines is 1. The molecule has 1 aromatic rings. The molecule has 1 aromatic carbocycles. The number of benzene rings is 1. The Morgan fingerprint density at radius 3 is 2.94 bits per heavy atom. The highest BCUT2D eigenvalue weighted by atomic mass is 79.9. The Morgan fingerprint density at radius 2 is 2.29 bits per heavy atom. The summed E-state index contributed by atoms with van der Waals surface area (Å²) in [6.45, 7) is 3.96. The van der Waals surface area contributed by atoms with E-state index in [0.29, 0.717) is 17.2 Å². The number of hydrogen-bond acceptors (Lipinski definition) is 2. The summed E-state index contributed by atoms with van der Waals surface area (Å²) in [7, 11) is 0. The standard InChI is InChI=1S/C13H14BrFN2/c1-9-3-2-6-17(8-9)11-5-4-10(7-16)12(14)13(11)15/h4-5,9H,2-3,6,8H2,1H3. The fourth-order valence-electron chi connectivity index (χ4n) is 2.28. The van der Waals surface area contributed by atoms with Gasteiger partial charge in [-0.3, -0.25) is 0 Å². The average Bonchev–Trinajstić information content (AvgIpc) is 2.32. The molecule has 90 valence electrons. The summed E-state index contributed by atoms with van der Waals surface area (Å²) in [5.41, 5.74) is 0.943. The molecule has 0 spiro atoms. The molecule has 17 heavy (non-hydrogen) atoms. The molecule has 4 heteroatoms. The van der Waals surface area contributed by atoms with Crippen LogP contribution in [0.15, 0.2) is 16.6 Å². The van der Waals surface area contributed by atoms with Gasteiger partial charge in [-0.25, -0.2) is 4.39 Å². The van der Waals surface area contributed by atoms with Crippen molar-refractivity contribution in [2.45, 2.75) is 19.8 Å². The van der Waals surface area contributed by atoms with E-state index >= 15 is 0 Å². The molecule has 1 fully saturated rings. The number of rotatable bonds is 1. The lowest BCUT2D eigenvalue weighted by Crippen LogP contribution is -2.34. The second kappa shape index (κ2) is 5.05. The fraction of sp³-hybridized carbons (Fsp3) is 0.462. The van der Waals surface area contributed by atoms with Crippen LogP contribution in [0, 0.1) is 23.1 Å². The van der Waals surface area contributed by atoms with Crippen LogP contribution in [-0.4, -0.2) is 13.1 Å². The molecule has 0 amide bonds. The fourth-order valence-corrected chi connectivity index (χ4v) is 2.70. The van der Waals surface area contributed by atoms with E-state index < -0.39 is 0 Å². The zero-order chi connectivity index (χ0) is 12.4. The molecular formula is C13H14BrFN2. The van der Waals surface area contributed by atoms with Crippen LogP contribution in [-0.2, 0) is 0 Å². The van der Waals surface area contributed by atoms with Crippen molar-refractivity contribution in [1.29, 1.82) is 5.26 Å². The van der Waals surface area contributed by atoms with Gasteiger partial charge in [0.1, 0.15) is 6.07 Å². The highest BCUT2D eigenvalue weighted by Gasteiger charge is 2.21. The monoisotopic (exact) mass is 296 g/mol. The third-order valence-corrected chi connectivity index (χ3v) is 3.96. The SMILES string of the molecule is CC1CCCN(c2ccc(C#N)c(Br)c2F)C1. The molecule has 0 aromatic heterocycles. The van der Waals surface area contributed by atoms with Crippen LogP contribution in [0.1, 0.15) is 25.3 Å². The molecule has 0 saturated carbocycles. The normalized spacial score (nSPS) is 20.1. The summed E-state index contributed by atoms with van der Waals surface area (Å²) in [5.74, 6) is 0.274. The van der Waals surface area contributed by atoms with Gasteiger partial charge < -0.3 is 4.90 Å². The number of nitrogens with zero attached hydrogens (tertiary/aromatic N) is 2. The third-order valence-electron chi connectivity index (χ3n) is 3.18. The van der Waals surface area contributed by atoms with Gasteiger partial charge in [-0.2, -0.15) is 5.26 Å². The minimum Gasteiger partial charge on any atom is -0.369 e. The summed E-state index contributed by atoms with van der Waals surface area (Å²) in [6.07, 6.45) is 2.30. The molecule has 1 atom stereocenters. The number of nitriles is 1. The summed E-state index contributed by atoms with van der Waals surface area (Å²) >= 11 is 3.15. The van der Waals surface area contributed by atoms with Crippen molar-refractivity contribution in [3.63, 3.8) is 0 Å². The topological polar surface area (TPSA) is 27.0 Å². The van der Waals surface area contributed by atoms with Crippen LogP contribution in [0.25, 0.3) is 0 Å². The first kappa shape index (κ1) is 12.4. The van der Waals surface area contributed by atoms with Crippen LogP contribution in [0.5, 0.6) is 0 Å². The van der Waals surface area contributed by atoms with Gasteiger partial charge >= 0.3 is 0 Å². The molecule has 0 radical (unpaired) electrons. The Kier molecular flexibility index (Phi) is 3.68. The van der Waals surface area contributed by atoms with Gasteiger partial charge in [0.05, 0.1) is 15.7 Å². The first-order chi connectivity index (χ1) is 8.13. The van der Waals surface area contributed by atoms with Gasteiger partial charge in [0.2, 0.25) is 0 Å². The molecule has 1 heterocycles. The van der Waals surface area contributed by atoms with Gasteiger partial charge in [-0.1, -0.05) is 6.92 Å². The minimum absolute atomic E-state index is 0.274. The summed E-state index contributed by atoms with van der Waals surface area (Å²) in [6, 6.07) is 5.34. The van der Waals surface area contributed by atoms with Crippen LogP contribution in [0.2, 0.25) is 0 Å². The molecule has 1 aliphatic heterocycles. The maximum atomic E-state index is 14.1. The minimum atomic E-state index is -0.321. The van der Waals surface area contributed by atoms with Crippen LogP contribution in [0.3, 0.4) is 0 Å². The third kappa shape index (κ3) is 2.44. The van der Waals surface area contributed by atoms with E-state index in [2.05, 4.69) is 27.8 Å². The number of hydrogen-bond donors (Lipinski definition) is 0. The Hall–Kier alpha value is -1.08. The highest BCUT2D eigenvalue weighted by molar-refractivity contribution is 9.10. The van der Waals surface area contributed by atoms with Crippen molar-refractivity contribution in [3.8, 4) is 6.07 Å². The lowest BCUT2D eigenvalue weighted by molar-refractivity contribution is 0.442. The van der Waals surface area contributed by atoms with Gasteiger partial charge in [0, 0.05) is 13.1 Å². The van der Waals surface area contributed by atoms with Gasteiger partial charge in [0.25, 0.3) is 0 Å². The first-order valence-corrected chi connectivity index (χ1v) is 6.56. The van der Waals surface area contributed by atoms with E-state index in [9.17, 15) is 4.39 Å². The molecular weight excluding hydrogens is 283 g/mol. The Labute approximate surface area is 109 Å². The Balaban J connectivity index is 2.33. The molecule has 2 nitrogen and oxygen atoms in total. The maximum Gasteiger partial charge on any atom is 0.161 e. The number of piperidine rings is 1. The van der Waals surface area contributed by atoms with Crippen molar-refractivity contribution in [1.82, 2.24) is 0 Å².